The minimum Gasteiger partial charge on any atom is -0.465 e. The van der Waals surface area contributed by atoms with E-state index in [-0.39, 0.29) is 12.1 Å². The maximum atomic E-state index is 11.9. The summed E-state index contributed by atoms with van der Waals surface area (Å²) in [7, 11) is 3.51. The Hall–Kier alpha value is -0.610. The van der Waals surface area contributed by atoms with Crippen LogP contribution in [0.3, 0.4) is 0 Å². The first-order valence-electron chi connectivity index (χ1n) is 5.57. The van der Waals surface area contributed by atoms with Crippen molar-refractivity contribution in [1.82, 2.24) is 5.32 Å². The highest BCUT2D eigenvalue weighted by Gasteiger charge is 2.42. The summed E-state index contributed by atoms with van der Waals surface area (Å²) >= 11 is 0. The average molecular weight is 215 g/mol. The third-order valence-corrected chi connectivity index (χ3v) is 3.18. The van der Waals surface area contributed by atoms with Crippen LogP contribution in [0.1, 0.15) is 32.6 Å². The standard InChI is InChI=1S/C11H21NO3/c1-4-15-10(13)11(12-2)7-5-6-9(8-11)14-3/h9,12H,4-8H2,1-3H3. The van der Waals surface area contributed by atoms with E-state index in [4.69, 9.17) is 9.47 Å². The van der Waals surface area contributed by atoms with Crippen LogP contribution in [0.2, 0.25) is 0 Å². The number of rotatable bonds is 4. The van der Waals surface area contributed by atoms with Crippen LogP contribution in [-0.2, 0) is 14.3 Å². The predicted octanol–water partition coefficient (Wildman–Crippen LogP) is 1.10. The maximum Gasteiger partial charge on any atom is 0.326 e. The van der Waals surface area contributed by atoms with Crippen LogP contribution in [0.25, 0.3) is 0 Å². The number of hydrogen-bond acceptors (Lipinski definition) is 4. The Balaban J connectivity index is 2.69. The first kappa shape index (κ1) is 12.5. The number of ether oxygens (including phenoxy) is 2. The van der Waals surface area contributed by atoms with E-state index in [1.807, 2.05) is 14.0 Å². The van der Waals surface area contributed by atoms with E-state index in [1.165, 1.54) is 0 Å². The molecule has 1 aliphatic carbocycles. The van der Waals surface area contributed by atoms with Crippen molar-refractivity contribution in [2.75, 3.05) is 20.8 Å². The Kier molecular flexibility index (Phi) is 4.54. The highest BCUT2D eigenvalue weighted by molar-refractivity contribution is 5.81. The molecule has 88 valence electrons. The molecule has 4 nitrogen and oxygen atoms in total. The fourth-order valence-electron chi connectivity index (χ4n) is 2.21. The number of likely N-dealkylation sites (N-methyl/N-ethyl adjacent to an activating group) is 1. The molecule has 0 amide bonds. The van der Waals surface area contributed by atoms with Gasteiger partial charge in [-0.05, 0) is 33.2 Å². The molecule has 1 rings (SSSR count). The molecule has 1 N–H and O–H groups in total. The van der Waals surface area contributed by atoms with Crippen molar-refractivity contribution in [2.24, 2.45) is 0 Å². The van der Waals surface area contributed by atoms with Crippen molar-refractivity contribution in [3.8, 4) is 0 Å². The van der Waals surface area contributed by atoms with Gasteiger partial charge in [0.05, 0.1) is 12.7 Å². The lowest BCUT2D eigenvalue weighted by atomic mass is 9.80. The van der Waals surface area contributed by atoms with Gasteiger partial charge in [-0.1, -0.05) is 0 Å². The van der Waals surface area contributed by atoms with Gasteiger partial charge < -0.3 is 14.8 Å². The van der Waals surface area contributed by atoms with Crippen molar-refractivity contribution in [3.63, 3.8) is 0 Å². The fourth-order valence-corrected chi connectivity index (χ4v) is 2.21. The Morgan fingerprint density at radius 1 is 1.60 bits per heavy atom. The Labute approximate surface area is 91.3 Å². The van der Waals surface area contributed by atoms with Crippen LogP contribution >= 0.6 is 0 Å². The lowest BCUT2D eigenvalue weighted by Gasteiger charge is -2.37. The van der Waals surface area contributed by atoms with Gasteiger partial charge in [-0.15, -0.1) is 0 Å². The number of carbonyl (C=O) groups is 1. The number of methoxy groups -OCH3 is 1. The summed E-state index contributed by atoms with van der Waals surface area (Å²) in [6, 6.07) is 0. The summed E-state index contributed by atoms with van der Waals surface area (Å²) in [6.45, 7) is 2.26. The van der Waals surface area contributed by atoms with Crippen molar-refractivity contribution < 1.29 is 14.3 Å². The van der Waals surface area contributed by atoms with Gasteiger partial charge in [0.25, 0.3) is 0 Å². The van der Waals surface area contributed by atoms with E-state index in [0.717, 1.165) is 19.3 Å². The summed E-state index contributed by atoms with van der Waals surface area (Å²) in [5.74, 6) is -0.144. The summed E-state index contributed by atoms with van der Waals surface area (Å²) in [5, 5.41) is 3.11. The van der Waals surface area contributed by atoms with Gasteiger partial charge in [0.2, 0.25) is 0 Å². The van der Waals surface area contributed by atoms with Gasteiger partial charge in [0, 0.05) is 13.5 Å². The van der Waals surface area contributed by atoms with E-state index in [9.17, 15) is 4.79 Å². The highest BCUT2D eigenvalue weighted by Crippen LogP contribution is 2.30. The van der Waals surface area contributed by atoms with Gasteiger partial charge >= 0.3 is 5.97 Å². The Morgan fingerprint density at radius 3 is 2.87 bits per heavy atom. The zero-order valence-corrected chi connectivity index (χ0v) is 9.84. The van der Waals surface area contributed by atoms with Crippen LogP contribution < -0.4 is 5.32 Å². The van der Waals surface area contributed by atoms with Crippen molar-refractivity contribution in [3.05, 3.63) is 0 Å². The topological polar surface area (TPSA) is 47.6 Å². The molecule has 0 aromatic rings. The molecule has 0 saturated heterocycles. The summed E-state index contributed by atoms with van der Waals surface area (Å²) in [5.41, 5.74) is -0.533. The first-order valence-corrected chi connectivity index (χ1v) is 5.57. The van der Waals surface area contributed by atoms with E-state index in [0.29, 0.717) is 13.0 Å². The second kappa shape index (κ2) is 5.47. The van der Waals surface area contributed by atoms with Crippen molar-refractivity contribution in [2.45, 2.75) is 44.2 Å². The van der Waals surface area contributed by atoms with Crippen LogP contribution in [-0.4, -0.2) is 38.4 Å². The van der Waals surface area contributed by atoms with E-state index >= 15 is 0 Å². The predicted molar refractivity (Wildman–Crippen MR) is 57.7 cm³/mol. The minimum absolute atomic E-state index is 0.144. The zero-order chi connectivity index (χ0) is 11.3. The number of carbonyl (C=O) groups excluding carboxylic acids is 1. The second-order valence-electron chi connectivity index (χ2n) is 4.01. The molecule has 2 unspecified atom stereocenters. The van der Waals surface area contributed by atoms with Gasteiger partial charge in [-0.3, -0.25) is 4.79 Å². The van der Waals surface area contributed by atoms with Crippen LogP contribution in [0, 0.1) is 0 Å². The molecule has 1 aliphatic rings. The maximum absolute atomic E-state index is 11.9. The van der Waals surface area contributed by atoms with Gasteiger partial charge in [-0.2, -0.15) is 0 Å². The van der Waals surface area contributed by atoms with Gasteiger partial charge in [0.15, 0.2) is 0 Å². The largest absolute Gasteiger partial charge is 0.465 e. The van der Waals surface area contributed by atoms with Gasteiger partial charge in [0.1, 0.15) is 5.54 Å². The van der Waals surface area contributed by atoms with Gasteiger partial charge in [-0.25, -0.2) is 0 Å². The third-order valence-electron chi connectivity index (χ3n) is 3.18. The fraction of sp³-hybridized carbons (Fsp3) is 0.909. The molecule has 4 heteroatoms. The molecule has 0 radical (unpaired) electrons. The first-order chi connectivity index (χ1) is 7.18. The summed E-state index contributed by atoms with van der Waals surface area (Å²) in [6.07, 6.45) is 3.73. The third kappa shape index (κ3) is 2.69. The SMILES string of the molecule is CCOC(=O)C1(NC)CCCC(OC)C1. The molecule has 1 saturated carbocycles. The summed E-state index contributed by atoms with van der Waals surface area (Å²) < 4.78 is 10.4. The number of nitrogens with one attached hydrogen (secondary N) is 1. The van der Waals surface area contributed by atoms with Crippen LogP contribution in [0.15, 0.2) is 0 Å². The molecule has 0 aliphatic heterocycles. The molecule has 15 heavy (non-hydrogen) atoms. The summed E-state index contributed by atoms with van der Waals surface area (Å²) in [4.78, 5) is 11.9. The molecular formula is C11H21NO3. The number of esters is 1. The lowest BCUT2D eigenvalue weighted by molar-refractivity contribution is -0.154. The second-order valence-corrected chi connectivity index (χ2v) is 4.01. The molecule has 0 aromatic heterocycles. The molecular weight excluding hydrogens is 194 g/mol. The van der Waals surface area contributed by atoms with E-state index < -0.39 is 5.54 Å². The highest BCUT2D eigenvalue weighted by atomic mass is 16.5. The molecule has 0 aromatic carbocycles. The smallest absolute Gasteiger partial charge is 0.326 e. The average Bonchev–Trinajstić information content (AvgIpc) is 2.29. The molecule has 0 heterocycles. The quantitative estimate of drug-likeness (QED) is 0.713. The van der Waals surface area contributed by atoms with Crippen LogP contribution in [0.4, 0.5) is 0 Å². The lowest BCUT2D eigenvalue weighted by Crippen LogP contribution is -2.55. The minimum atomic E-state index is -0.533. The van der Waals surface area contributed by atoms with Crippen molar-refractivity contribution >= 4 is 5.97 Å². The van der Waals surface area contributed by atoms with E-state index in [1.54, 1.807) is 7.11 Å². The van der Waals surface area contributed by atoms with Crippen LogP contribution in [0.5, 0.6) is 0 Å². The Bertz CT molecular complexity index is 220. The normalized spacial score (nSPS) is 31.3. The van der Waals surface area contributed by atoms with E-state index in [2.05, 4.69) is 5.32 Å². The molecule has 2 atom stereocenters. The Morgan fingerprint density at radius 2 is 2.33 bits per heavy atom. The monoisotopic (exact) mass is 215 g/mol. The van der Waals surface area contributed by atoms with Crippen molar-refractivity contribution in [1.29, 1.82) is 0 Å². The molecule has 1 fully saturated rings. The zero-order valence-electron chi connectivity index (χ0n) is 9.84. The molecule has 0 bridgehead atoms. The number of hydrogen-bond donors (Lipinski definition) is 1. The molecule has 0 spiro atoms.